The molecule has 1 amide bonds. The van der Waals surface area contributed by atoms with E-state index < -0.39 is 0 Å². The average Bonchev–Trinajstić information content (AvgIpc) is 3.20. The molecule has 0 radical (unpaired) electrons. The Morgan fingerprint density at radius 1 is 1.38 bits per heavy atom. The lowest BCUT2D eigenvalue weighted by Gasteiger charge is -2.31. The third-order valence-electron chi connectivity index (χ3n) is 4.37. The van der Waals surface area contributed by atoms with Gasteiger partial charge < -0.3 is 15.0 Å². The number of carbonyl (C=O) groups is 1. The van der Waals surface area contributed by atoms with Crippen LogP contribution in [-0.2, 0) is 16.1 Å². The number of thiophene rings is 1. The smallest absolute Gasteiger partial charge is 0.226 e. The molecule has 0 saturated carbocycles. The molecule has 0 spiro atoms. The number of hydrogen-bond acceptors (Lipinski definition) is 4. The summed E-state index contributed by atoms with van der Waals surface area (Å²) in [4.78, 5) is 16.2. The zero-order valence-corrected chi connectivity index (χ0v) is 13.2. The third-order valence-corrected chi connectivity index (χ3v) is 5.24. The number of nitrogens with one attached hydrogen (secondary N) is 1. The van der Waals surface area contributed by atoms with E-state index in [9.17, 15) is 4.79 Å². The van der Waals surface area contributed by atoms with Crippen molar-refractivity contribution < 1.29 is 9.53 Å². The first kappa shape index (κ1) is 15.0. The molecule has 0 aromatic carbocycles. The quantitative estimate of drug-likeness (QED) is 0.907. The largest absolute Gasteiger partial charge is 0.376 e. The second-order valence-corrected chi connectivity index (χ2v) is 6.99. The van der Waals surface area contributed by atoms with Gasteiger partial charge in [-0.3, -0.25) is 4.79 Å². The SMILES string of the molecule is O=C(C1CCNCC1)N(Cc1cccs1)CC1CCCO1. The number of ether oxygens (including phenoxy) is 1. The van der Waals surface area contributed by atoms with Crippen LogP contribution in [0.3, 0.4) is 0 Å². The fourth-order valence-corrected chi connectivity index (χ4v) is 3.90. The van der Waals surface area contributed by atoms with E-state index >= 15 is 0 Å². The minimum Gasteiger partial charge on any atom is -0.376 e. The number of piperidine rings is 1. The minimum atomic E-state index is 0.188. The van der Waals surface area contributed by atoms with Gasteiger partial charge in [-0.15, -0.1) is 11.3 Å². The van der Waals surface area contributed by atoms with Crippen LogP contribution in [0.2, 0.25) is 0 Å². The van der Waals surface area contributed by atoms with Gasteiger partial charge in [-0.05, 0) is 50.2 Å². The van der Waals surface area contributed by atoms with E-state index in [4.69, 9.17) is 4.74 Å². The van der Waals surface area contributed by atoms with Crippen LogP contribution in [0.4, 0.5) is 0 Å². The van der Waals surface area contributed by atoms with Gasteiger partial charge in [-0.1, -0.05) is 6.07 Å². The zero-order valence-electron chi connectivity index (χ0n) is 12.4. The van der Waals surface area contributed by atoms with E-state index in [2.05, 4.69) is 22.8 Å². The molecule has 1 aromatic rings. The molecule has 116 valence electrons. The molecule has 2 aliphatic rings. The number of rotatable bonds is 5. The second kappa shape index (κ2) is 7.38. The maximum atomic E-state index is 12.9. The van der Waals surface area contributed by atoms with Gasteiger partial charge in [-0.2, -0.15) is 0 Å². The van der Waals surface area contributed by atoms with Crippen LogP contribution in [0.5, 0.6) is 0 Å². The van der Waals surface area contributed by atoms with E-state index in [1.807, 2.05) is 4.90 Å². The van der Waals surface area contributed by atoms with Gasteiger partial charge in [0.25, 0.3) is 0 Å². The average molecular weight is 308 g/mol. The highest BCUT2D eigenvalue weighted by Crippen LogP contribution is 2.21. The van der Waals surface area contributed by atoms with Crippen molar-refractivity contribution in [1.29, 1.82) is 0 Å². The lowest BCUT2D eigenvalue weighted by Crippen LogP contribution is -2.43. The van der Waals surface area contributed by atoms with Crippen molar-refractivity contribution in [2.45, 2.75) is 38.3 Å². The summed E-state index contributed by atoms with van der Waals surface area (Å²) in [6.45, 7) is 4.26. The molecule has 2 aliphatic heterocycles. The van der Waals surface area contributed by atoms with Crippen LogP contribution in [0.25, 0.3) is 0 Å². The zero-order chi connectivity index (χ0) is 14.5. The summed E-state index contributed by atoms with van der Waals surface area (Å²) in [7, 11) is 0. The predicted octanol–water partition coefficient (Wildman–Crippen LogP) is 2.26. The van der Waals surface area contributed by atoms with Crippen LogP contribution >= 0.6 is 11.3 Å². The van der Waals surface area contributed by atoms with E-state index in [1.54, 1.807) is 11.3 Å². The third kappa shape index (κ3) is 4.05. The van der Waals surface area contributed by atoms with Gasteiger partial charge >= 0.3 is 0 Å². The standard InChI is InChI=1S/C16H24N2O2S/c19-16(13-5-7-17-8-6-13)18(11-14-3-1-9-20-14)12-15-4-2-10-21-15/h2,4,10,13-14,17H,1,3,5-9,11-12H2. The lowest BCUT2D eigenvalue weighted by atomic mass is 9.96. The summed E-state index contributed by atoms with van der Waals surface area (Å²) in [5.41, 5.74) is 0. The second-order valence-electron chi connectivity index (χ2n) is 5.96. The van der Waals surface area contributed by atoms with Gasteiger partial charge in [0.1, 0.15) is 0 Å². The molecular weight excluding hydrogens is 284 g/mol. The highest BCUT2D eigenvalue weighted by Gasteiger charge is 2.29. The van der Waals surface area contributed by atoms with Crippen LogP contribution < -0.4 is 5.32 Å². The number of carbonyl (C=O) groups excluding carboxylic acids is 1. The fourth-order valence-electron chi connectivity index (χ4n) is 3.18. The Bertz CT molecular complexity index is 437. The molecule has 3 rings (SSSR count). The molecule has 0 aliphatic carbocycles. The Balaban J connectivity index is 1.65. The fraction of sp³-hybridized carbons (Fsp3) is 0.688. The highest BCUT2D eigenvalue weighted by molar-refractivity contribution is 7.09. The lowest BCUT2D eigenvalue weighted by molar-refractivity contribution is -0.138. The van der Waals surface area contributed by atoms with Crippen molar-refractivity contribution in [3.8, 4) is 0 Å². The summed E-state index contributed by atoms with van der Waals surface area (Å²) < 4.78 is 5.74. The van der Waals surface area contributed by atoms with Crippen molar-refractivity contribution in [2.75, 3.05) is 26.2 Å². The van der Waals surface area contributed by atoms with Gasteiger partial charge in [-0.25, -0.2) is 0 Å². The Morgan fingerprint density at radius 2 is 2.24 bits per heavy atom. The number of nitrogens with zero attached hydrogens (tertiary/aromatic N) is 1. The van der Waals surface area contributed by atoms with Crippen molar-refractivity contribution in [2.24, 2.45) is 5.92 Å². The first-order chi connectivity index (χ1) is 10.3. The molecule has 0 bridgehead atoms. The maximum Gasteiger partial charge on any atom is 0.226 e. The summed E-state index contributed by atoms with van der Waals surface area (Å²) in [5, 5.41) is 5.41. The molecular formula is C16H24N2O2S. The summed E-state index contributed by atoms with van der Waals surface area (Å²) in [5.74, 6) is 0.507. The first-order valence-electron chi connectivity index (χ1n) is 7.96. The van der Waals surface area contributed by atoms with E-state index in [0.717, 1.165) is 58.5 Å². The van der Waals surface area contributed by atoms with Gasteiger partial charge in [0.05, 0.1) is 12.6 Å². The molecule has 1 unspecified atom stereocenters. The molecule has 1 aromatic heterocycles. The molecule has 4 nitrogen and oxygen atoms in total. The van der Waals surface area contributed by atoms with Crippen LogP contribution in [0.1, 0.15) is 30.6 Å². The van der Waals surface area contributed by atoms with Crippen molar-refractivity contribution >= 4 is 17.2 Å². The molecule has 3 heterocycles. The molecule has 21 heavy (non-hydrogen) atoms. The molecule has 1 N–H and O–H groups in total. The summed E-state index contributed by atoms with van der Waals surface area (Å²) in [6, 6.07) is 4.17. The summed E-state index contributed by atoms with van der Waals surface area (Å²) >= 11 is 1.73. The van der Waals surface area contributed by atoms with Crippen LogP contribution in [-0.4, -0.2) is 43.2 Å². The van der Waals surface area contributed by atoms with Gasteiger partial charge in [0.15, 0.2) is 0 Å². The highest BCUT2D eigenvalue weighted by atomic mass is 32.1. The summed E-state index contributed by atoms with van der Waals surface area (Å²) in [6.07, 6.45) is 4.37. The Hall–Kier alpha value is -0.910. The van der Waals surface area contributed by atoms with Gasteiger partial charge in [0.2, 0.25) is 5.91 Å². The van der Waals surface area contributed by atoms with E-state index in [-0.39, 0.29) is 12.0 Å². The van der Waals surface area contributed by atoms with Crippen molar-refractivity contribution in [3.63, 3.8) is 0 Å². The topological polar surface area (TPSA) is 41.6 Å². The monoisotopic (exact) mass is 308 g/mol. The maximum absolute atomic E-state index is 12.9. The van der Waals surface area contributed by atoms with Crippen molar-refractivity contribution in [3.05, 3.63) is 22.4 Å². The van der Waals surface area contributed by atoms with E-state index in [0.29, 0.717) is 5.91 Å². The van der Waals surface area contributed by atoms with E-state index in [1.165, 1.54) is 4.88 Å². The molecule has 5 heteroatoms. The van der Waals surface area contributed by atoms with Gasteiger partial charge in [0, 0.05) is 23.9 Å². The molecule has 2 fully saturated rings. The Kier molecular flexibility index (Phi) is 5.27. The van der Waals surface area contributed by atoms with Crippen molar-refractivity contribution in [1.82, 2.24) is 10.2 Å². The molecule has 1 atom stereocenters. The van der Waals surface area contributed by atoms with Crippen LogP contribution in [0.15, 0.2) is 17.5 Å². The normalized spacial score (nSPS) is 23.3. The minimum absolute atomic E-state index is 0.188. The number of hydrogen-bond donors (Lipinski definition) is 1. The number of amides is 1. The Morgan fingerprint density at radius 3 is 2.90 bits per heavy atom. The first-order valence-corrected chi connectivity index (χ1v) is 8.84. The predicted molar refractivity (Wildman–Crippen MR) is 84.3 cm³/mol. The Labute approximate surface area is 130 Å². The molecule has 2 saturated heterocycles. The van der Waals surface area contributed by atoms with Crippen LogP contribution in [0, 0.1) is 5.92 Å².